The number of unbranched alkanes of at least 4 members (excludes halogenated alkanes) is 36. The number of ether oxygens (including phenoxy) is 3. The molecule has 7 atom stereocenters. The quantitative estimate of drug-likeness (QED) is 0.0195. The van der Waals surface area contributed by atoms with Crippen molar-refractivity contribution in [3.63, 3.8) is 0 Å². The van der Waals surface area contributed by atoms with Crippen molar-refractivity contribution in [2.24, 2.45) is 0 Å². The van der Waals surface area contributed by atoms with E-state index in [-0.39, 0.29) is 18.5 Å². The van der Waals surface area contributed by atoms with Crippen molar-refractivity contribution in [1.82, 2.24) is 5.32 Å². The molecule has 6 N–H and O–H groups in total. The molecule has 450 valence electrons. The fourth-order valence-electron chi connectivity index (χ4n) is 10.0. The van der Waals surface area contributed by atoms with Crippen LogP contribution in [0, 0.1) is 0 Å². The fraction of sp³-hybridized carbons (Fsp3) is 0.848. The highest BCUT2D eigenvalue weighted by Crippen LogP contribution is 2.23. The second-order valence-corrected chi connectivity index (χ2v) is 22.5. The van der Waals surface area contributed by atoms with Gasteiger partial charge in [0.05, 0.1) is 32.0 Å². The van der Waals surface area contributed by atoms with Gasteiger partial charge in [0.2, 0.25) is 5.91 Å². The standard InChI is InChI=1S/C66H121NO10/c1-3-5-7-9-11-13-14-15-27-31-34-38-42-46-50-54-62(71)75-55-51-47-43-39-35-32-29-26-24-22-20-18-16-17-19-21-23-25-28-30-33-37-41-45-49-53-61(70)67-58(59(69)52-48-44-40-36-12-10-8-6-4-2)57-76-66-65(74)64(73)63(72)60(56-68)77-66/h12,17-20,36,48,52,58-60,63-66,68-69,72-74H,3-11,13-16,21-35,37-47,49-51,53-57H2,1-2H3,(H,67,70)/b19-17-,20-18-,36-12+,52-48+. The Balaban J connectivity index is 1.98. The second-order valence-electron chi connectivity index (χ2n) is 22.5. The second kappa shape index (κ2) is 55.5. The van der Waals surface area contributed by atoms with Gasteiger partial charge in [-0.3, -0.25) is 9.59 Å². The molecule has 11 nitrogen and oxygen atoms in total. The lowest BCUT2D eigenvalue weighted by molar-refractivity contribution is -0.302. The lowest BCUT2D eigenvalue weighted by Gasteiger charge is -2.40. The van der Waals surface area contributed by atoms with Crippen molar-refractivity contribution in [1.29, 1.82) is 0 Å². The van der Waals surface area contributed by atoms with E-state index in [1.165, 1.54) is 193 Å². The van der Waals surface area contributed by atoms with Crippen LogP contribution in [0.5, 0.6) is 0 Å². The highest BCUT2D eigenvalue weighted by molar-refractivity contribution is 5.76. The minimum absolute atomic E-state index is 0.000638. The first-order chi connectivity index (χ1) is 37.7. The number of allylic oxidation sites excluding steroid dienone is 7. The Morgan fingerprint density at radius 2 is 0.883 bits per heavy atom. The third-order valence-corrected chi connectivity index (χ3v) is 15.2. The van der Waals surface area contributed by atoms with Crippen molar-refractivity contribution >= 4 is 11.9 Å². The van der Waals surface area contributed by atoms with Gasteiger partial charge < -0.3 is 45.1 Å². The van der Waals surface area contributed by atoms with E-state index in [1.807, 2.05) is 6.08 Å². The molecule has 0 aliphatic carbocycles. The van der Waals surface area contributed by atoms with Gasteiger partial charge in [0, 0.05) is 12.8 Å². The predicted octanol–water partition coefficient (Wildman–Crippen LogP) is 15.6. The first-order valence-electron chi connectivity index (χ1n) is 32.4. The van der Waals surface area contributed by atoms with Crippen LogP contribution in [0.2, 0.25) is 0 Å². The Bertz CT molecular complexity index is 1420. The topological polar surface area (TPSA) is 175 Å². The number of esters is 1. The zero-order chi connectivity index (χ0) is 55.9. The number of nitrogens with one attached hydrogen (secondary N) is 1. The molecule has 1 heterocycles. The maximum atomic E-state index is 13.0. The van der Waals surface area contributed by atoms with E-state index < -0.39 is 49.5 Å². The van der Waals surface area contributed by atoms with Crippen LogP contribution in [0.4, 0.5) is 0 Å². The number of hydrogen-bond donors (Lipinski definition) is 6. The summed E-state index contributed by atoms with van der Waals surface area (Å²) in [4.78, 5) is 25.1. The minimum atomic E-state index is -1.58. The predicted molar refractivity (Wildman–Crippen MR) is 320 cm³/mol. The number of rotatable bonds is 56. The molecule has 0 aromatic rings. The number of hydrogen-bond acceptors (Lipinski definition) is 10. The summed E-state index contributed by atoms with van der Waals surface area (Å²) in [6.45, 7) is 4.28. The van der Waals surface area contributed by atoms with Gasteiger partial charge in [-0.15, -0.1) is 0 Å². The van der Waals surface area contributed by atoms with Gasteiger partial charge in [-0.2, -0.15) is 0 Å². The molecule has 0 bridgehead atoms. The van der Waals surface area contributed by atoms with E-state index in [1.54, 1.807) is 6.08 Å². The monoisotopic (exact) mass is 1090 g/mol. The molecule has 0 aromatic carbocycles. The molecule has 1 fully saturated rings. The summed E-state index contributed by atoms with van der Waals surface area (Å²) in [5.74, 6) is -0.200. The number of carbonyl (C=O) groups is 2. The summed E-state index contributed by atoms with van der Waals surface area (Å²) in [5, 5.41) is 54.2. The lowest BCUT2D eigenvalue weighted by atomic mass is 9.99. The first kappa shape index (κ1) is 72.6. The Morgan fingerprint density at radius 1 is 0.481 bits per heavy atom. The van der Waals surface area contributed by atoms with Crippen molar-refractivity contribution in [3.05, 3.63) is 48.6 Å². The van der Waals surface area contributed by atoms with E-state index >= 15 is 0 Å². The summed E-state index contributed by atoms with van der Waals surface area (Å²) in [6.07, 6.45) is 61.0. The maximum Gasteiger partial charge on any atom is 0.305 e. The van der Waals surface area contributed by atoms with Gasteiger partial charge in [0.15, 0.2) is 6.29 Å². The van der Waals surface area contributed by atoms with Gasteiger partial charge >= 0.3 is 5.97 Å². The molecule has 0 saturated carbocycles. The molecule has 1 aliphatic rings. The van der Waals surface area contributed by atoms with Crippen LogP contribution in [0.3, 0.4) is 0 Å². The summed E-state index contributed by atoms with van der Waals surface area (Å²) in [6, 6.07) is -0.831. The van der Waals surface area contributed by atoms with E-state index in [9.17, 15) is 35.1 Å². The molecule has 1 aliphatic heterocycles. The van der Waals surface area contributed by atoms with Crippen molar-refractivity contribution in [2.45, 2.75) is 339 Å². The van der Waals surface area contributed by atoms with Crippen molar-refractivity contribution in [2.75, 3.05) is 19.8 Å². The zero-order valence-corrected chi connectivity index (χ0v) is 49.7. The van der Waals surface area contributed by atoms with Gasteiger partial charge in [-0.1, -0.05) is 255 Å². The van der Waals surface area contributed by atoms with Crippen LogP contribution >= 0.6 is 0 Å². The summed E-state index contributed by atoms with van der Waals surface area (Å²) >= 11 is 0. The number of amides is 1. The average molecular weight is 1090 g/mol. The molecular weight excluding hydrogens is 967 g/mol. The Kier molecular flexibility index (Phi) is 52.4. The first-order valence-corrected chi connectivity index (χ1v) is 32.4. The highest BCUT2D eigenvalue weighted by atomic mass is 16.7. The van der Waals surface area contributed by atoms with Crippen LogP contribution in [0.1, 0.15) is 296 Å². The number of aliphatic hydroxyl groups is 5. The SMILES string of the molecule is CCCCC/C=C/CC/C=C/C(O)C(COC1OC(CO)C(O)C(O)C1O)NC(=O)CCCCCCCCCCC/C=C\C/C=C\CCCCCCCCCCCOC(=O)CCCCCCCCCCCCCCCCC. The van der Waals surface area contributed by atoms with Crippen LogP contribution in [-0.4, -0.2) is 100 Å². The van der Waals surface area contributed by atoms with Gasteiger partial charge in [-0.25, -0.2) is 0 Å². The van der Waals surface area contributed by atoms with Crippen LogP contribution in [0.25, 0.3) is 0 Å². The van der Waals surface area contributed by atoms with E-state index in [2.05, 4.69) is 55.6 Å². The zero-order valence-electron chi connectivity index (χ0n) is 49.7. The lowest BCUT2D eigenvalue weighted by Crippen LogP contribution is -2.60. The van der Waals surface area contributed by atoms with Gasteiger partial charge in [0.25, 0.3) is 0 Å². The molecule has 11 heteroatoms. The smallest absolute Gasteiger partial charge is 0.305 e. The van der Waals surface area contributed by atoms with E-state index in [0.717, 1.165) is 77.0 Å². The van der Waals surface area contributed by atoms with Crippen LogP contribution in [0.15, 0.2) is 48.6 Å². The van der Waals surface area contributed by atoms with E-state index in [0.29, 0.717) is 19.4 Å². The van der Waals surface area contributed by atoms with Gasteiger partial charge in [-0.05, 0) is 77.0 Å². The molecule has 0 radical (unpaired) electrons. The van der Waals surface area contributed by atoms with Crippen molar-refractivity contribution in [3.8, 4) is 0 Å². The Labute approximate surface area is 472 Å². The Hall–Kier alpha value is -2.38. The van der Waals surface area contributed by atoms with Crippen LogP contribution in [-0.2, 0) is 23.8 Å². The molecule has 77 heavy (non-hydrogen) atoms. The summed E-state index contributed by atoms with van der Waals surface area (Å²) in [5.41, 5.74) is 0. The van der Waals surface area contributed by atoms with E-state index in [4.69, 9.17) is 14.2 Å². The Morgan fingerprint density at radius 3 is 1.39 bits per heavy atom. The molecular formula is C66H121NO10. The summed E-state index contributed by atoms with van der Waals surface area (Å²) < 4.78 is 16.7. The number of aliphatic hydroxyl groups excluding tert-OH is 5. The maximum absolute atomic E-state index is 13.0. The molecule has 1 rings (SSSR count). The molecule has 0 spiro atoms. The third-order valence-electron chi connectivity index (χ3n) is 15.2. The molecule has 7 unspecified atom stereocenters. The molecule has 0 aromatic heterocycles. The molecule has 1 saturated heterocycles. The number of carbonyl (C=O) groups excluding carboxylic acids is 2. The third kappa shape index (κ3) is 45.0. The van der Waals surface area contributed by atoms with Crippen molar-refractivity contribution < 1.29 is 49.3 Å². The normalized spacial score (nSPS) is 18.9. The van der Waals surface area contributed by atoms with Gasteiger partial charge in [0.1, 0.15) is 24.4 Å². The van der Waals surface area contributed by atoms with Crippen LogP contribution < -0.4 is 5.32 Å². The average Bonchev–Trinajstić information content (AvgIpc) is 3.43. The largest absolute Gasteiger partial charge is 0.466 e. The highest BCUT2D eigenvalue weighted by Gasteiger charge is 2.44. The minimum Gasteiger partial charge on any atom is -0.466 e. The molecule has 1 amide bonds. The fourth-order valence-corrected chi connectivity index (χ4v) is 10.0. The summed E-state index contributed by atoms with van der Waals surface area (Å²) in [7, 11) is 0.